The number of carbonyl (C=O) groups is 1. The molecule has 2 atom stereocenters. The summed E-state index contributed by atoms with van der Waals surface area (Å²) in [6.45, 7) is 3.98. The zero-order chi connectivity index (χ0) is 12.0. The van der Waals surface area contributed by atoms with E-state index in [1.165, 1.54) is 19.3 Å². The summed E-state index contributed by atoms with van der Waals surface area (Å²) in [4.78, 5) is 11.3. The summed E-state index contributed by atoms with van der Waals surface area (Å²) in [7, 11) is 0. The first-order chi connectivity index (χ1) is 7.65. The minimum atomic E-state index is -0.640. The molecule has 1 N–H and O–H groups in total. The van der Waals surface area contributed by atoms with Crippen LogP contribution in [0, 0.1) is 0 Å². The van der Waals surface area contributed by atoms with Crippen molar-refractivity contribution in [1.29, 1.82) is 0 Å². The van der Waals surface area contributed by atoms with Gasteiger partial charge in [0.25, 0.3) is 0 Å². The number of ether oxygens (including phenoxy) is 1. The van der Waals surface area contributed by atoms with Crippen molar-refractivity contribution in [3.8, 4) is 0 Å². The SMILES string of the molecule is CCCCCCC[C@H](O)C1=C[C@@H](C)OC1=O. The summed E-state index contributed by atoms with van der Waals surface area (Å²) >= 11 is 0. The minimum Gasteiger partial charge on any atom is -0.455 e. The number of aliphatic hydroxyl groups is 1. The van der Waals surface area contributed by atoms with Crippen LogP contribution in [0.4, 0.5) is 0 Å². The van der Waals surface area contributed by atoms with E-state index < -0.39 is 6.10 Å². The third kappa shape index (κ3) is 3.97. The number of hydrogen-bond donors (Lipinski definition) is 1. The molecule has 1 aliphatic rings. The smallest absolute Gasteiger partial charge is 0.337 e. The van der Waals surface area contributed by atoms with Crippen LogP contribution in [0.2, 0.25) is 0 Å². The molecule has 0 unspecified atom stereocenters. The summed E-state index contributed by atoms with van der Waals surface area (Å²) in [5.41, 5.74) is 0.447. The zero-order valence-electron chi connectivity index (χ0n) is 10.2. The molecule has 0 bridgehead atoms. The lowest BCUT2D eigenvalue weighted by Crippen LogP contribution is -2.16. The van der Waals surface area contributed by atoms with E-state index in [9.17, 15) is 9.90 Å². The van der Waals surface area contributed by atoms with Crippen LogP contribution in [-0.2, 0) is 9.53 Å². The zero-order valence-corrected chi connectivity index (χ0v) is 10.2. The molecule has 0 radical (unpaired) electrons. The minimum absolute atomic E-state index is 0.183. The van der Waals surface area contributed by atoms with Gasteiger partial charge in [0.2, 0.25) is 0 Å². The number of rotatable bonds is 7. The number of hydrogen-bond acceptors (Lipinski definition) is 3. The first kappa shape index (κ1) is 13.2. The van der Waals surface area contributed by atoms with E-state index in [0.717, 1.165) is 12.8 Å². The van der Waals surface area contributed by atoms with Crippen molar-refractivity contribution in [2.75, 3.05) is 0 Å². The van der Waals surface area contributed by atoms with E-state index in [-0.39, 0.29) is 12.1 Å². The second kappa shape index (κ2) is 6.69. The first-order valence-corrected chi connectivity index (χ1v) is 6.26. The number of cyclic esters (lactones) is 1. The molecule has 3 nitrogen and oxygen atoms in total. The maximum Gasteiger partial charge on any atom is 0.337 e. The van der Waals surface area contributed by atoms with Gasteiger partial charge in [-0.25, -0.2) is 4.79 Å². The Morgan fingerprint density at radius 2 is 2.06 bits per heavy atom. The lowest BCUT2D eigenvalue weighted by Gasteiger charge is -2.09. The predicted octanol–water partition coefficient (Wildman–Crippen LogP) is 2.58. The van der Waals surface area contributed by atoms with E-state index in [4.69, 9.17) is 4.74 Å². The Labute approximate surface area is 97.5 Å². The van der Waals surface area contributed by atoms with Crippen molar-refractivity contribution in [1.82, 2.24) is 0 Å². The molecule has 16 heavy (non-hydrogen) atoms. The van der Waals surface area contributed by atoms with Crippen molar-refractivity contribution in [3.63, 3.8) is 0 Å². The van der Waals surface area contributed by atoms with Crippen LogP contribution in [0.1, 0.15) is 52.4 Å². The van der Waals surface area contributed by atoms with Gasteiger partial charge in [0.15, 0.2) is 0 Å². The molecule has 0 aromatic rings. The molecule has 0 saturated heterocycles. The molecule has 0 fully saturated rings. The molecule has 0 spiro atoms. The van der Waals surface area contributed by atoms with Crippen LogP contribution in [0.3, 0.4) is 0 Å². The molecule has 1 aliphatic heterocycles. The van der Waals surface area contributed by atoms with E-state index in [2.05, 4.69) is 6.92 Å². The van der Waals surface area contributed by atoms with Crippen LogP contribution >= 0.6 is 0 Å². The third-order valence-electron chi connectivity index (χ3n) is 2.88. The van der Waals surface area contributed by atoms with Crippen LogP contribution in [-0.4, -0.2) is 23.3 Å². The average molecular weight is 226 g/mol. The van der Waals surface area contributed by atoms with Crippen molar-refractivity contribution >= 4 is 5.97 Å². The second-order valence-corrected chi connectivity index (χ2v) is 4.45. The van der Waals surface area contributed by atoms with Crippen LogP contribution in [0.5, 0.6) is 0 Å². The van der Waals surface area contributed by atoms with Gasteiger partial charge in [0.05, 0.1) is 11.7 Å². The number of carbonyl (C=O) groups excluding carboxylic acids is 1. The Kier molecular flexibility index (Phi) is 5.53. The standard InChI is InChI=1S/C13H22O3/c1-3-4-5-6-7-8-12(14)11-9-10(2)16-13(11)15/h9-10,12,14H,3-8H2,1-2H3/t10-,12+/m1/s1. The van der Waals surface area contributed by atoms with Gasteiger partial charge in [-0.1, -0.05) is 39.0 Å². The predicted molar refractivity (Wildman–Crippen MR) is 63.0 cm³/mol. The molecule has 0 aliphatic carbocycles. The number of aliphatic hydroxyl groups excluding tert-OH is 1. The number of esters is 1. The van der Waals surface area contributed by atoms with Gasteiger partial charge >= 0.3 is 5.97 Å². The molecule has 0 aromatic carbocycles. The normalized spacial score (nSPS) is 21.8. The third-order valence-corrected chi connectivity index (χ3v) is 2.88. The molecule has 0 aromatic heterocycles. The fourth-order valence-electron chi connectivity index (χ4n) is 1.94. The van der Waals surface area contributed by atoms with Gasteiger partial charge in [-0.05, 0) is 19.4 Å². The van der Waals surface area contributed by atoms with E-state index in [0.29, 0.717) is 12.0 Å². The van der Waals surface area contributed by atoms with Crippen molar-refractivity contribution in [3.05, 3.63) is 11.6 Å². The first-order valence-electron chi connectivity index (χ1n) is 6.26. The van der Waals surface area contributed by atoms with Crippen LogP contribution in [0.15, 0.2) is 11.6 Å². The van der Waals surface area contributed by atoms with Crippen LogP contribution in [0.25, 0.3) is 0 Å². The Morgan fingerprint density at radius 1 is 1.38 bits per heavy atom. The Balaban J connectivity index is 2.22. The molecular formula is C13H22O3. The molecule has 1 rings (SSSR count). The fourth-order valence-corrected chi connectivity index (χ4v) is 1.94. The Hall–Kier alpha value is -0.830. The highest BCUT2D eigenvalue weighted by Gasteiger charge is 2.27. The second-order valence-electron chi connectivity index (χ2n) is 4.45. The highest BCUT2D eigenvalue weighted by atomic mass is 16.5. The lowest BCUT2D eigenvalue weighted by atomic mass is 10.0. The molecule has 92 valence electrons. The summed E-state index contributed by atoms with van der Waals surface area (Å²) in [6, 6.07) is 0. The van der Waals surface area contributed by atoms with Gasteiger partial charge in [0, 0.05) is 0 Å². The van der Waals surface area contributed by atoms with Gasteiger partial charge in [0.1, 0.15) is 6.10 Å². The van der Waals surface area contributed by atoms with Crippen molar-refractivity contribution in [2.45, 2.75) is 64.6 Å². The summed E-state index contributed by atoms with van der Waals surface area (Å²) in [5.74, 6) is -0.353. The molecule has 3 heteroatoms. The summed E-state index contributed by atoms with van der Waals surface area (Å²) < 4.78 is 4.95. The average Bonchev–Trinajstić information content (AvgIpc) is 2.57. The highest BCUT2D eigenvalue weighted by Crippen LogP contribution is 2.20. The van der Waals surface area contributed by atoms with E-state index in [1.54, 1.807) is 13.0 Å². The van der Waals surface area contributed by atoms with E-state index >= 15 is 0 Å². The van der Waals surface area contributed by atoms with Gasteiger partial charge in [-0.3, -0.25) is 0 Å². The van der Waals surface area contributed by atoms with Gasteiger partial charge in [-0.2, -0.15) is 0 Å². The van der Waals surface area contributed by atoms with Gasteiger partial charge < -0.3 is 9.84 Å². The maximum atomic E-state index is 11.3. The van der Waals surface area contributed by atoms with Gasteiger partial charge in [-0.15, -0.1) is 0 Å². The fraction of sp³-hybridized carbons (Fsp3) is 0.769. The molecule has 0 amide bonds. The highest BCUT2D eigenvalue weighted by molar-refractivity contribution is 5.91. The largest absolute Gasteiger partial charge is 0.455 e. The summed E-state index contributed by atoms with van der Waals surface area (Å²) in [6.07, 6.45) is 7.34. The molecular weight excluding hydrogens is 204 g/mol. The summed E-state index contributed by atoms with van der Waals surface area (Å²) in [5, 5.41) is 9.82. The molecule has 1 heterocycles. The maximum absolute atomic E-state index is 11.3. The number of unbranched alkanes of at least 4 members (excludes halogenated alkanes) is 4. The van der Waals surface area contributed by atoms with E-state index in [1.807, 2.05) is 0 Å². The van der Waals surface area contributed by atoms with Crippen molar-refractivity contribution < 1.29 is 14.6 Å². The van der Waals surface area contributed by atoms with Crippen molar-refractivity contribution in [2.24, 2.45) is 0 Å². The Morgan fingerprint density at radius 3 is 2.62 bits per heavy atom. The lowest BCUT2D eigenvalue weighted by molar-refractivity contribution is -0.139. The van der Waals surface area contributed by atoms with Crippen LogP contribution < -0.4 is 0 Å². The quantitative estimate of drug-likeness (QED) is 0.536. The monoisotopic (exact) mass is 226 g/mol. The topological polar surface area (TPSA) is 46.5 Å². The Bertz CT molecular complexity index is 258. The molecule has 0 saturated carbocycles.